The maximum absolute atomic E-state index is 14.2. The third-order valence-electron chi connectivity index (χ3n) is 3.79. The summed E-state index contributed by atoms with van der Waals surface area (Å²) in [5, 5.41) is 13.2. The molecule has 0 bridgehead atoms. The molecule has 1 fully saturated rings. The minimum Gasteiger partial charge on any atom is -0.507 e. The normalized spacial score (nSPS) is 18.8. The summed E-state index contributed by atoms with van der Waals surface area (Å²) in [6, 6.07) is 0.115. The Kier molecular flexibility index (Phi) is 4.49. The second-order valence-corrected chi connectivity index (χ2v) is 6.47. The molecule has 1 atom stereocenters. The first-order valence-corrected chi connectivity index (χ1v) is 7.04. The molecule has 1 aliphatic heterocycles. The molecular weight excluding hydrogens is 281 g/mol. The molecule has 2 N–H and O–H groups in total. The van der Waals surface area contributed by atoms with Gasteiger partial charge >= 0.3 is 0 Å². The number of rotatable bonds is 2. The highest BCUT2D eigenvalue weighted by atomic mass is 19.2. The molecule has 0 aliphatic carbocycles. The Labute approximate surface area is 122 Å². The van der Waals surface area contributed by atoms with Crippen molar-refractivity contribution >= 4 is 0 Å². The van der Waals surface area contributed by atoms with Gasteiger partial charge in [0.15, 0.2) is 17.5 Å². The topological polar surface area (TPSA) is 35.5 Å². The van der Waals surface area contributed by atoms with Crippen LogP contribution in [0, 0.1) is 22.9 Å². The monoisotopic (exact) mass is 302 g/mol. The van der Waals surface area contributed by atoms with Gasteiger partial charge in [0.25, 0.3) is 0 Å². The molecule has 1 aliphatic rings. The van der Waals surface area contributed by atoms with Crippen LogP contribution in [0.1, 0.15) is 32.4 Å². The molecule has 0 saturated carbocycles. The minimum absolute atomic E-state index is 0.164. The summed E-state index contributed by atoms with van der Waals surface area (Å²) in [6.45, 7) is 8.44. The smallest absolute Gasteiger partial charge is 0.195 e. The molecular formula is C15H21F3N2O. The number of halogens is 3. The van der Waals surface area contributed by atoms with E-state index in [0.29, 0.717) is 19.2 Å². The van der Waals surface area contributed by atoms with Crippen molar-refractivity contribution in [2.75, 3.05) is 26.2 Å². The zero-order chi connectivity index (χ0) is 15.8. The summed E-state index contributed by atoms with van der Waals surface area (Å²) >= 11 is 0. The number of phenolic OH excluding ortho intramolecular Hbond substituents is 1. The van der Waals surface area contributed by atoms with Crippen molar-refractivity contribution in [1.82, 2.24) is 10.2 Å². The van der Waals surface area contributed by atoms with Crippen molar-refractivity contribution in [3.05, 3.63) is 29.1 Å². The zero-order valence-corrected chi connectivity index (χ0v) is 12.5. The van der Waals surface area contributed by atoms with Crippen LogP contribution in [-0.2, 0) is 0 Å². The summed E-state index contributed by atoms with van der Waals surface area (Å²) in [4.78, 5) is 1.99. The Hall–Kier alpha value is -1.27. The van der Waals surface area contributed by atoms with Crippen molar-refractivity contribution in [3.8, 4) is 5.75 Å². The third-order valence-corrected chi connectivity index (χ3v) is 3.79. The summed E-state index contributed by atoms with van der Waals surface area (Å²) in [6.07, 6.45) is 0. The van der Waals surface area contributed by atoms with E-state index in [0.717, 1.165) is 13.1 Å². The second kappa shape index (κ2) is 5.85. The lowest BCUT2D eigenvalue weighted by atomic mass is 9.80. The fourth-order valence-electron chi connectivity index (χ4n) is 2.96. The Morgan fingerprint density at radius 3 is 2.24 bits per heavy atom. The molecule has 0 amide bonds. The highest BCUT2D eigenvalue weighted by Gasteiger charge is 2.37. The van der Waals surface area contributed by atoms with Crippen molar-refractivity contribution in [1.29, 1.82) is 0 Å². The van der Waals surface area contributed by atoms with E-state index < -0.39 is 34.7 Å². The number of benzene rings is 1. The molecule has 3 nitrogen and oxygen atoms in total. The predicted octanol–water partition coefficient (Wildman–Crippen LogP) is 2.80. The molecule has 0 spiro atoms. The van der Waals surface area contributed by atoms with E-state index >= 15 is 0 Å². The van der Waals surface area contributed by atoms with Crippen LogP contribution in [0.2, 0.25) is 0 Å². The van der Waals surface area contributed by atoms with E-state index in [1.165, 1.54) is 0 Å². The average Bonchev–Trinajstić information content (AvgIpc) is 2.40. The van der Waals surface area contributed by atoms with Gasteiger partial charge in [0.05, 0.1) is 5.56 Å². The lowest BCUT2D eigenvalue weighted by Crippen LogP contribution is -2.48. The van der Waals surface area contributed by atoms with Gasteiger partial charge in [0.1, 0.15) is 5.75 Å². The number of nitrogens with zero attached hydrogens (tertiary/aromatic N) is 1. The SMILES string of the molecule is CC(C)(C)[C@@H](c1c(O)cc(F)c(F)c1F)N1CCNCC1. The molecule has 21 heavy (non-hydrogen) atoms. The highest BCUT2D eigenvalue weighted by molar-refractivity contribution is 5.38. The lowest BCUT2D eigenvalue weighted by molar-refractivity contribution is 0.0804. The van der Waals surface area contributed by atoms with Crippen LogP contribution in [0.15, 0.2) is 6.07 Å². The van der Waals surface area contributed by atoms with E-state index in [2.05, 4.69) is 5.32 Å². The highest BCUT2D eigenvalue weighted by Crippen LogP contribution is 2.43. The number of piperazine rings is 1. The second-order valence-electron chi connectivity index (χ2n) is 6.47. The first kappa shape index (κ1) is 16.1. The van der Waals surface area contributed by atoms with Gasteiger partial charge in [-0.3, -0.25) is 4.90 Å². The van der Waals surface area contributed by atoms with Gasteiger partial charge in [0.2, 0.25) is 0 Å². The standard InChI is InChI=1S/C15H21F3N2O/c1-15(2,3)14(20-6-4-19-5-7-20)11-10(21)8-9(16)12(17)13(11)18/h8,14,19,21H,4-7H2,1-3H3/t14-/m1/s1. The first-order valence-electron chi connectivity index (χ1n) is 7.04. The number of hydrogen-bond donors (Lipinski definition) is 2. The number of nitrogens with one attached hydrogen (secondary N) is 1. The molecule has 6 heteroatoms. The van der Waals surface area contributed by atoms with Gasteiger partial charge in [-0.1, -0.05) is 20.8 Å². The lowest BCUT2D eigenvalue weighted by Gasteiger charge is -2.42. The van der Waals surface area contributed by atoms with Gasteiger partial charge in [0, 0.05) is 38.3 Å². The van der Waals surface area contributed by atoms with Crippen LogP contribution in [-0.4, -0.2) is 36.2 Å². The van der Waals surface area contributed by atoms with E-state index in [1.54, 1.807) is 0 Å². The van der Waals surface area contributed by atoms with Crippen LogP contribution in [0.3, 0.4) is 0 Å². The van der Waals surface area contributed by atoms with Crippen molar-refractivity contribution in [2.45, 2.75) is 26.8 Å². The third kappa shape index (κ3) is 3.16. The summed E-state index contributed by atoms with van der Waals surface area (Å²) < 4.78 is 41.1. The molecule has 0 radical (unpaired) electrons. The number of phenols is 1. The van der Waals surface area contributed by atoms with Gasteiger partial charge in [-0.15, -0.1) is 0 Å². The molecule has 1 saturated heterocycles. The summed E-state index contributed by atoms with van der Waals surface area (Å²) in [7, 11) is 0. The largest absolute Gasteiger partial charge is 0.507 e. The Morgan fingerprint density at radius 1 is 1.14 bits per heavy atom. The Balaban J connectivity index is 2.54. The predicted molar refractivity (Wildman–Crippen MR) is 74.6 cm³/mol. The van der Waals surface area contributed by atoms with Crippen LogP contribution in [0.5, 0.6) is 5.75 Å². The fraction of sp³-hybridized carbons (Fsp3) is 0.600. The van der Waals surface area contributed by atoms with Gasteiger partial charge in [-0.25, -0.2) is 13.2 Å². The van der Waals surface area contributed by atoms with E-state index in [9.17, 15) is 18.3 Å². The van der Waals surface area contributed by atoms with Crippen molar-refractivity contribution in [2.24, 2.45) is 5.41 Å². The summed E-state index contributed by atoms with van der Waals surface area (Å²) in [5.41, 5.74) is -0.608. The number of aromatic hydroxyl groups is 1. The Morgan fingerprint density at radius 2 is 1.71 bits per heavy atom. The maximum atomic E-state index is 14.2. The van der Waals surface area contributed by atoms with E-state index in [-0.39, 0.29) is 5.56 Å². The van der Waals surface area contributed by atoms with Gasteiger partial charge in [-0.2, -0.15) is 0 Å². The van der Waals surface area contributed by atoms with Crippen molar-refractivity contribution < 1.29 is 18.3 Å². The van der Waals surface area contributed by atoms with E-state index in [1.807, 2.05) is 25.7 Å². The van der Waals surface area contributed by atoms with Crippen LogP contribution >= 0.6 is 0 Å². The van der Waals surface area contributed by atoms with Gasteiger partial charge in [-0.05, 0) is 5.41 Å². The quantitative estimate of drug-likeness (QED) is 0.825. The molecule has 1 aromatic carbocycles. The molecule has 2 rings (SSSR count). The van der Waals surface area contributed by atoms with Gasteiger partial charge < -0.3 is 10.4 Å². The van der Waals surface area contributed by atoms with Crippen LogP contribution in [0.4, 0.5) is 13.2 Å². The average molecular weight is 302 g/mol. The summed E-state index contributed by atoms with van der Waals surface area (Å²) in [5.74, 6) is -4.75. The molecule has 0 unspecified atom stereocenters. The zero-order valence-electron chi connectivity index (χ0n) is 12.5. The maximum Gasteiger partial charge on any atom is 0.195 e. The molecule has 1 heterocycles. The van der Waals surface area contributed by atoms with Crippen LogP contribution < -0.4 is 5.32 Å². The van der Waals surface area contributed by atoms with E-state index in [4.69, 9.17) is 0 Å². The van der Waals surface area contributed by atoms with Crippen molar-refractivity contribution in [3.63, 3.8) is 0 Å². The fourth-order valence-corrected chi connectivity index (χ4v) is 2.96. The minimum atomic E-state index is -1.54. The molecule has 0 aromatic heterocycles. The Bertz CT molecular complexity index is 523. The van der Waals surface area contributed by atoms with Crippen LogP contribution in [0.25, 0.3) is 0 Å². The number of hydrogen-bond acceptors (Lipinski definition) is 3. The first-order chi connectivity index (χ1) is 9.73. The molecule has 1 aromatic rings. The molecule has 118 valence electrons.